The van der Waals surface area contributed by atoms with Gasteiger partial charge in [0.25, 0.3) is 10.0 Å². The van der Waals surface area contributed by atoms with Crippen molar-refractivity contribution in [2.24, 2.45) is 0 Å². The summed E-state index contributed by atoms with van der Waals surface area (Å²) in [5.41, 5.74) is 2.96. The molecule has 0 saturated carbocycles. The lowest BCUT2D eigenvalue weighted by Crippen LogP contribution is -2.14. The summed E-state index contributed by atoms with van der Waals surface area (Å²) < 4.78 is 27.4. The van der Waals surface area contributed by atoms with Crippen LogP contribution in [-0.4, -0.2) is 23.4 Å². The fraction of sp³-hybridized carbons (Fsp3) is 0.133. The number of benzene rings is 1. The van der Waals surface area contributed by atoms with Crippen LogP contribution in [0.3, 0.4) is 0 Å². The molecular weight excluding hydrogens is 300 g/mol. The fourth-order valence-corrected chi connectivity index (χ4v) is 3.12. The first-order valence-electron chi connectivity index (χ1n) is 6.63. The number of nitrogens with one attached hydrogen (secondary N) is 1. The van der Waals surface area contributed by atoms with Gasteiger partial charge in [0.05, 0.1) is 16.3 Å². The molecule has 0 fully saturated rings. The van der Waals surface area contributed by atoms with E-state index in [0.717, 1.165) is 5.56 Å². The highest BCUT2D eigenvalue weighted by molar-refractivity contribution is 7.92. The second-order valence-electron chi connectivity index (χ2n) is 4.94. The normalized spacial score (nSPS) is 11.5. The van der Waals surface area contributed by atoms with Gasteiger partial charge in [0.15, 0.2) is 5.65 Å². The zero-order chi connectivity index (χ0) is 15.7. The molecule has 3 rings (SSSR count). The molecule has 0 spiro atoms. The summed E-state index contributed by atoms with van der Waals surface area (Å²) in [5.74, 6) is 0. The van der Waals surface area contributed by atoms with Gasteiger partial charge in [-0.05, 0) is 32.0 Å². The summed E-state index contributed by atoms with van der Waals surface area (Å²) >= 11 is 0. The van der Waals surface area contributed by atoms with Crippen molar-refractivity contribution < 1.29 is 8.42 Å². The maximum absolute atomic E-state index is 12.4. The van der Waals surface area contributed by atoms with Crippen LogP contribution < -0.4 is 4.72 Å². The molecule has 112 valence electrons. The van der Waals surface area contributed by atoms with Crippen LogP contribution in [0.2, 0.25) is 0 Å². The SMILES string of the molecule is Cc1ccc(S(=O)(=O)Nc2cc3nccnc3nc2C)cc1. The van der Waals surface area contributed by atoms with Crippen molar-refractivity contribution in [3.8, 4) is 0 Å². The minimum atomic E-state index is -3.66. The van der Waals surface area contributed by atoms with Gasteiger partial charge in [-0.1, -0.05) is 17.7 Å². The Hall–Kier alpha value is -2.54. The maximum Gasteiger partial charge on any atom is 0.261 e. The van der Waals surface area contributed by atoms with Crippen molar-refractivity contribution in [3.63, 3.8) is 0 Å². The Bertz CT molecular complexity index is 937. The Morgan fingerprint density at radius 1 is 1.00 bits per heavy atom. The Kier molecular flexibility index (Phi) is 3.50. The van der Waals surface area contributed by atoms with Crippen LogP contribution in [0.5, 0.6) is 0 Å². The Labute approximate surface area is 128 Å². The van der Waals surface area contributed by atoms with Crippen LogP contribution >= 0.6 is 0 Å². The second kappa shape index (κ2) is 5.34. The molecule has 3 aromatic rings. The van der Waals surface area contributed by atoms with Gasteiger partial charge in [-0.2, -0.15) is 0 Å². The van der Waals surface area contributed by atoms with Gasteiger partial charge in [0.2, 0.25) is 0 Å². The molecule has 0 unspecified atom stereocenters. The van der Waals surface area contributed by atoms with E-state index in [0.29, 0.717) is 22.5 Å². The Morgan fingerprint density at radius 2 is 1.68 bits per heavy atom. The zero-order valence-electron chi connectivity index (χ0n) is 12.1. The van der Waals surface area contributed by atoms with Crippen LogP contribution in [0.15, 0.2) is 47.6 Å². The first-order chi connectivity index (χ1) is 10.5. The van der Waals surface area contributed by atoms with Crippen molar-refractivity contribution >= 4 is 26.9 Å². The van der Waals surface area contributed by atoms with E-state index in [2.05, 4.69) is 19.7 Å². The van der Waals surface area contributed by atoms with Crippen LogP contribution in [0.1, 0.15) is 11.3 Å². The Balaban J connectivity index is 2.01. The van der Waals surface area contributed by atoms with E-state index in [-0.39, 0.29) is 4.90 Å². The smallest absolute Gasteiger partial charge is 0.261 e. The lowest BCUT2D eigenvalue weighted by molar-refractivity contribution is 0.601. The number of pyridine rings is 1. The van der Waals surface area contributed by atoms with Gasteiger partial charge in [-0.15, -0.1) is 0 Å². The van der Waals surface area contributed by atoms with Crippen molar-refractivity contribution in [2.45, 2.75) is 18.7 Å². The third kappa shape index (κ3) is 2.75. The average Bonchev–Trinajstić information content (AvgIpc) is 2.48. The summed E-state index contributed by atoms with van der Waals surface area (Å²) in [6, 6.07) is 8.29. The van der Waals surface area contributed by atoms with Crippen LogP contribution in [-0.2, 0) is 10.0 Å². The molecule has 0 atom stereocenters. The molecule has 0 bridgehead atoms. The van der Waals surface area contributed by atoms with Crippen LogP contribution in [0, 0.1) is 13.8 Å². The number of fused-ring (bicyclic) bond motifs is 1. The van der Waals surface area contributed by atoms with E-state index < -0.39 is 10.0 Å². The van der Waals surface area contributed by atoms with Crippen molar-refractivity contribution in [2.75, 3.05) is 4.72 Å². The maximum atomic E-state index is 12.4. The van der Waals surface area contributed by atoms with Gasteiger partial charge in [0, 0.05) is 12.4 Å². The molecule has 0 aliphatic rings. The van der Waals surface area contributed by atoms with Gasteiger partial charge in [0.1, 0.15) is 5.52 Å². The molecular formula is C15H14N4O2S. The van der Waals surface area contributed by atoms with Gasteiger partial charge < -0.3 is 0 Å². The molecule has 1 aromatic carbocycles. The first-order valence-corrected chi connectivity index (χ1v) is 8.12. The lowest BCUT2D eigenvalue weighted by Gasteiger charge is -2.11. The monoisotopic (exact) mass is 314 g/mol. The summed E-state index contributed by atoms with van der Waals surface area (Å²) in [5, 5.41) is 0. The highest BCUT2D eigenvalue weighted by Crippen LogP contribution is 2.21. The predicted octanol–water partition coefficient (Wildman–Crippen LogP) is 2.44. The number of aryl methyl sites for hydroxylation is 2. The highest BCUT2D eigenvalue weighted by Gasteiger charge is 2.16. The van der Waals surface area contributed by atoms with E-state index in [1.165, 1.54) is 6.20 Å². The summed E-state index contributed by atoms with van der Waals surface area (Å²) in [6.45, 7) is 3.63. The van der Waals surface area contributed by atoms with Crippen molar-refractivity contribution in [1.29, 1.82) is 0 Å². The molecule has 0 aliphatic heterocycles. The minimum Gasteiger partial charge on any atom is -0.278 e. The third-order valence-corrected chi connectivity index (χ3v) is 4.61. The van der Waals surface area contributed by atoms with Crippen LogP contribution in [0.4, 0.5) is 5.69 Å². The molecule has 0 amide bonds. The topological polar surface area (TPSA) is 84.8 Å². The number of anilines is 1. The van der Waals surface area contributed by atoms with E-state index >= 15 is 0 Å². The fourth-order valence-electron chi connectivity index (χ4n) is 2.01. The van der Waals surface area contributed by atoms with Crippen molar-refractivity contribution in [3.05, 3.63) is 54.0 Å². The highest BCUT2D eigenvalue weighted by atomic mass is 32.2. The standard InChI is InChI=1S/C15H14N4O2S/c1-10-3-5-12(6-4-10)22(20,21)19-13-9-14-15(18-11(13)2)17-8-7-16-14/h3-9,19H,1-2H3. The predicted molar refractivity (Wildman–Crippen MR) is 84.1 cm³/mol. The van der Waals surface area contributed by atoms with E-state index in [4.69, 9.17) is 0 Å². The number of hydrogen-bond acceptors (Lipinski definition) is 5. The first kappa shape index (κ1) is 14.4. The Morgan fingerprint density at radius 3 is 2.41 bits per heavy atom. The quantitative estimate of drug-likeness (QED) is 0.802. The van der Waals surface area contributed by atoms with Gasteiger partial charge >= 0.3 is 0 Å². The van der Waals surface area contributed by atoms with E-state index in [1.807, 2.05) is 6.92 Å². The molecule has 7 heteroatoms. The van der Waals surface area contributed by atoms with Gasteiger partial charge in [-0.3, -0.25) is 9.71 Å². The number of rotatable bonds is 3. The second-order valence-corrected chi connectivity index (χ2v) is 6.62. The average molecular weight is 314 g/mol. The molecule has 2 aromatic heterocycles. The minimum absolute atomic E-state index is 0.205. The molecule has 22 heavy (non-hydrogen) atoms. The van der Waals surface area contributed by atoms with Gasteiger partial charge in [-0.25, -0.2) is 18.4 Å². The number of nitrogens with zero attached hydrogens (tertiary/aromatic N) is 3. The molecule has 0 radical (unpaired) electrons. The third-order valence-electron chi connectivity index (χ3n) is 3.23. The van der Waals surface area contributed by atoms with E-state index in [9.17, 15) is 8.42 Å². The van der Waals surface area contributed by atoms with E-state index in [1.54, 1.807) is 43.5 Å². The largest absolute Gasteiger partial charge is 0.278 e. The molecule has 6 nitrogen and oxygen atoms in total. The number of hydrogen-bond donors (Lipinski definition) is 1. The van der Waals surface area contributed by atoms with Crippen molar-refractivity contribution in [1.82, 2.24) is 15.0 Å². The lowest BCUT2D eigenvalue weighted by atomic mass is 10.2. The summed E-state index contributed by atoms with van der Waals surface area (Å²) in [6.07, 6.45) is 3.09. The molecule has 2 heterocycles. The molecule has 0 saturated heterocycles. The number of aromatic nitrogens is 3. The number of sulfonamides is 1. The molecule has 0 aliphatic carbocycles. The van der Waals surface area contributed by atoms with Crippen LogP contribution in [0.25, 0.3) is 11.2 Å². The summed E-state index contributed by atoms with van der Waals surface area (Å²) in [4.78, 5) is 12.7. The summed E-state index contributed by atoms with van der Waals surface area (Å²) in [7, 11) is -3.66. The zero-order valence-corrected chi connectivity index (χ0v) is 12.9. The molecule has 1 N–H and O–H groups in total.